The first-order chi connectivity index (χ1) is 18.8. The predicted octanol–water partition coefficient (Wildman–Crippen LogP) is 9.46. The van der Waals surface area contributed by atoms with Crippen LogP contribution in [0, 0.1) is 0 Å². The van der Waals surface area contributed by atoms with Gasteiger partial charge < -0.3 is 5.32 Å². The van der Waals surface area contributed by atoms with Gasteiger partial charge in [-0.05, 0) is 74.8 Å². The van der Waals surface area contributed by atoms with Crippen LogP contribution < -0.4 is 5.32 Å². The van der Waals surface area contributed by atoms with Crippen LogP contribution in [-0.2, 0) is 5.41 Å². The van der Waals surface area contributed by atoms with Crippen LogP contribution in [0.25, 0.3) is 22.3 Å². The summed E-state index contributed by atoms with van der Waals surface area (Å²) in [7, 11) is 0. The number of anilines is 2. The Kier molecular flexibility index (Phi) is 5.41. The Bertz CT molecular complexity index is 1670. The monoisotopic (exact) mass is 485 g/mol. The molecule has 0 spiro atoms. The Hall–Kier alpha value is -4.88. The fourth-order valence-corrected chi connectivity index (χ4v) is 6.11. The first-order valence-electron chi connectivity index (χ1n) is 13.1. The molecule has 38 heavy (non-hydrogen) atoms. The zero-order valence-corrected chi connectivity index (χ0v) is 21.0. The highest BCUT2D eigenvalue weighted by Gasteiger charge is 2.46. The van der Waals surface area contributed by atoms with Crippen molar-refractivity contribution >= 4 is 11.4 Å². The minimum absolute atomic E-state index is 0.438. The number of benzene rings is 6. The lowest BCUT2D eigenvalue weighted by Crippen LogP contribution is -2.28. The number of para-hydroxylation sites is 1. The van der Waals surface area contributed by atoms with Crippen molar-refractivity contribution in [2.45, 2.75) is 5.41 Å². The molecule has 6 aromatic rings. The number of nitrogens with one attached hydrogen (secondary N) is 1. The molecule has 0 aliphatic heterocycles. The fourth-order valence-electron chi connectivity index (χ4n) is 6.11. The third-order valence-electron chi connectivity index (χ3n) is 7.69. The Morgan fingerprint density at radius 3 is 1.53 bits per heavy atom. The molecular formula is C37H27N. The van der Waals surface area contributed by atoms with Gasteiger partial charge in [0.05, 0.1) is 5.41 Å². The molecule has 0 heterocycles. The molecule has 0 radical (unpaired) electrons. The number of fused-ring (bicyclic) bond motifs is 3. The van der Waals surface area contributed by atoms with Gasteiger partial charge in [0.25, 0.3) is 0 Å². The molecule has 0 aromatic heterocycles. The van der Waals surface area contributed by atoms with Gasteiger partial charge in [0.15, 0.2) is 0 Å². The minimum atomic E-state index is -0.438. The van der Waals surface area contributed by atoms with Crippen LogP contribution in [0.15, 0.2) is 158 Å². The van der Waals surface area contributed by atoms with Crippen LogP contribution in [0.1, 0.15) is 22.3 Å². The quantitative estimate of drug-likeness (QED) is 0.256. The molecule has 0 unspecified atom stereocenters. The van der Waals surface area contributed by atoms with Gasteiger partial charge in [-0.3, -0.25) is 0 Å². The van der Waals surface area contributed by atoms with E-state index in [4.69, 9.17) is 0 Å². The molecule has 0 amide bonds. The molecule has 0 bridgehead atoms. The lowest BCUT2D eigenvalue weighted by Gasteiger charge is -2.34. The third kappa shape index (κ3) is 3.55. The van der Waals surface area contributed by atoms with Crippen LogP contribution in [0.4, 0.5) is 11.4 Å². The van der Waals surface area contributed by atoms with E-state index >= 15 is 0 Å². The van der Waals surface area contributed by atoms with E-state index in [-0.39, 0.29) is 0 Å². The van der Waals surface area contributed by atoms with E-state index < -0.39 is 5.41 Å². The molecule has 1 N–H and O–H groups in total. The molecule has 0 saturated heterocycles. The van der Waals surface area contributed by atoms with Crippen LogP contribution in [0.5, 0.6) is 0 Å². The number of hydrogen-bond acceptors (Lipinski definition) is 1. The summed E-state index contributed by atoms with van der Waals surface area (Å²) in [5.41, 5.74) is 11.9. The molecule has 1 heteroatoms. The van der Waals surface area contributed by atoms with Gasteiger partial charge in [0, 0.05) is 11.4 Å². The molecule has 180 valence electrons. The number of hydrogen-bond donors (Lipinski definition) is 1. The Labute approximate surface area is 224 Å². The summed E-state index contributed by atoms with van der Waals surface area (Å²) in [5, 5.41) is 3.69. The smallest absolute Gasteiger partial charge is 0.0714 e. The zero-order chi connectivity index (χ0) is 25.4. The second-order valence-electron chi connectivity index (χ2n) is 9.86. The first kappa shape index (κ1) is 22.3. The van der Waals surface area contributed by atoms with Gasteiger partial charge >= 0.3 is 0 Å². The molecular weight excluding hydrogens is 458 g/mol. The van der Waals surface area contributed by atoms with Crippen molar-refractivity contribution in [3.63, 3.8) is 0 Å². The molecule has 6 aromatic carbocycles. The second kappa shape index (κ2) is 9.21. The first-order valence-corrected chi connectivity index (χ1v) is 13.1. The highest BCUT2D eigenvalue weighted by Crippen LogP contribution is 2.56. The summed E-state index contributed by atoms with van der Waals surface area (Å²) >= 11 is 0. The SMILES string of the molecule is c1ccc(Nc2cc(-c3ccccc3)cc(C3(c4ccccc4)c4ccccc4-c4ccccc43)c2)cc1. The highest BCUT2D eigenvalue weighted by molar-refractivity contribution is 5.87. The highest BCUT2D eigenvalue weighted by atomic mass is 14.9. The van der Waals surface area contributed by atoms with Gasteiger partial charge in [-0.25, -0.2) is 0 Å². The van der Waals surface area contributed by atoms with E-state index in [0.29, 0.717) is 0 Å². The average Bonchev–Trinajstić information content (AvgIpc) is 3.30. The minimum Gasteiger partial charge on any atom is -0.356 e. The van der Waals surface area contributed by atoms with E-state index in [1.165, 1.54) is 44.5 Å². The summed E-state index contributed by atoms with van der Waals surface area (Å²) < 4.78 is 0. The lowest BCUT2D eigenvalue weighted by molar-refractivity contribution is 0.769. The molecule has 0 atom stereocenters. The van der Waals surface area contributed by atoms with E-state index in [2.05, 4.69) is 157 Å². The molecule has 1 aliphatic rings. The molecule has 0 saturated carbocycles. The van der Waals surface area contributed by atoms with Crippen molar-refractivity contribution in [3.05, 3.63) is 180 Å². The van der Waals surface area contributed by atoms with E-state index in [1.807, 2.05) is 6.07 Å². The van der Waals surface area contributed by atoms with Gasteiger partial charge in [-0.2, -0.15) is 0 Å². The van der Waals surface area contributed by atoms with Crippen LogP contribution in [-0.4, -0.2) is 0 Å². The van der Waals surface area contributed by atoms with Crippen molar-refractivity contribution in [2.75, 3.05) is 5.32 Å². The van der Waals surface area contributed by atoms with Gasteiger partial charge in [0.1, 0.15) is 0 Å². The molecule has 1 aliphatic carbocycles. The van der Waals surface area contributed by atoms with Gasteiger partial charge in [-0.15, -0.1) is 0 Å². The van der Waals surface area contributed by atoms with Crippen molar-refractivity contribution in [1.29, 1.82) is 0 Å². The summed E-state index contributed by atoms with van der Waals surface area (Å²) in [6.45, 7) is 0. The van der Waals surface area contributed by atoms with Gasteiger partial charge in [-0.1, -0.05) is 127 Å². The fraction of sp³-hybridized carbons (Fsp3) is 0.0270. The van der Waals surface area contributed by atoms with Crippen LogP contribution in [0.3, 0.4) is 0 Å². The Morgan fingerprint density at radius 2 is 0.895 bits per heavy atom. The third-order valence-corrected chi connectivity index (χ3v) is 7.69. The average molecular weight is 486 g/mol. The molecule has 1 nitrogen and oxygen atoms in total. The number of rotatable bonds is 5. The second-order valence-corrected chi connectivity index (χ2v) is 9.86. The molecule has 0 fully saturated rings. The van der Waals surface area contributed by atoms with Crippen LogP contribution >= 0.6 is 0 Å². The molecule has 7 rings (SSSR count). The van der Waals surface area contributed by atoms with Crippen molar-refractivity contribution in [1.82, 2.24) is 0 Å². The predicted molar refractivity (Wildman–Crippen MR) is 159 cm³/mol. The Balaban J connectivity index is 1.56. The van der Waals surface area contributed by atoms with Gasteiger partial charge in [0.2, 0.25) is 0 Å². The van der Waals surface area contributed by atoms with E-state index in [1.54, 1.807) is 0 Å². The van der Waals surface area contributed by atoms with Crippen molar-refractivity contribution in [3.8, 4) is 22.3 Å². The topological polar surface area (TPSA) is 12.0 Å². The van der Waals surface area contributed by atoms with Crippen LogP contribution in [0.2, 0.25) is 0 Å². The van der Waals surface area contributed by atoms with E-state index in [0.717, 1.165) is 11.4 Å². The maximum Gasteiger partial charge on any atom is 0.0714 e. The summed E-state index contributed by atoms with van der Waals surface area (Å²) in [6.07, 6.45) is 0. The maximum absolute atomic E-state index is 3.69. The standard InChI is InChI=1S/C37H27N/c1-4-14-27(15-5-1)28-24-30(26-32(25-28)38-31-18-8-3-9-19-31)37(29-16-6-2-7-17-29)35-22-12-10-20-33(35)34-21-11-13-23-36(34)37/h1-26,38H. The normalized spacial score (nSPS) is 12.9. The maximum atomic E-state index is 3.69. The summed E-state index contributed by atoms with van der Waals surface area (Å²) in [6, 6.07) is 56.8. The Morgan fingerprint density at radius 1 is 0.368 bits per heavy atom. The summed E-state index contributed by atoms with van der Waals surface area (Å²) in [5.74, 6) is 0. The summed E-state index contributed by atoms with van der Waals surface area (Å²) in [4.78, 5) is 0. The van der Waals surface area contributed by atoms with Crippen molar-refractivity contribution in [2.24, 2.45) is 0 Å². The van der Waals surface area contributed by atoms with E-state index in [9.17, 15) is 0 Å². The largest absolute Gasteiger partial charge is 0.356 e. The van der Waals surface area contributed by atoms with Crippen molar-refractivity contribution < 1.29 is 0 Å². The zero-order valence-electron chi connectivity index (χ0n) is 21.0. The lowest BCUT2D eigenvalue weighted by atomic mass is 9.67.